The number of halogens is 3. The molecule has 0 aliphatic carbocycles. The maximum atomic E-state index is 14.0. The van der Waals surface area contributed by atoms with Gasteiger partial charge in [0.05, 0.1) is 19.3 Å². The highest BCUT2D eigenvalue weighted by Gasteiger charge is 2.31. The first-order chi connectivity index (χ1) is 9.53. The molecule has 106 valence electrons. The van der Waals surface area contributed by atoms with Gasteiger partial charge in [-0.25, -0.2) is 4.39 Å². The lowest BCUT2D eigenvalue weighted by Gasteiger charge is -2.19. The van der Waals surface area contributed by atoms with E-state index in [4.69, 9.17) is 4.74 Å². The first-order valence-corrected chi connectivity index (χ1v) is 6.04. The number of anilines is 1. The van der Waals surface area contributed by atoms with Gasteiger partial charge in [-0.15, -0.1) is 0 Å². The lowest BCUT2D eigenvalue weighted by atomic mass is 10.1. The summed E-state index contributed by atoms with van der Waals surface area (Å²) in [5.41, 5.74) is 0.248. The highest BCUT2D eigenvalue weighted by atomic mass is 19.3. The summed E-state index contributed by atoms with van der Waals surface area (Å²) in [7, 11) is 1.36. The minimum atomic E-state index is -3.03. The van der Waals surface area contributed by atoms with Crippen molar-refractivity contribution in [1.29, 1.82) is 0 Å². The molecule has 0 saturated carbocycles. The van der Waals surface area contributed by atoms with Crippen molar-refractivity contribution in [2.75, 3.05) is 19.0 Å². The Bertz CT molecular complexity index is 573. The highest BCUT2D eigenvalue weighted by molar-refractivity contribution is 5.56. The van der Waals surface area contributed by atoms with Crippen molar-refractivity contribution < 1.29 is 17.9 Å². The molecule has 1 N–H and O–H groups in total. The Labute approximate surface area is 115 Å². The van der Waals surface area contributed by atoms with Crippen molar-refractivity contribution in [2.24, 2.45) is 0 Å². The first-order valence-electron chi connectivity index (χ1n) is 6.04. The van der Waals surface area contributed by atoms with Crippen LogP contribution in [0.4, 0.5) is 18.9 Å². The molecule has 0 unspecified atom stereocenters. The van der Waals surface area contributed by atoms with Crippen LogP contribution in [-0.2, 0) is 5.92 Å². The average Bonchev–Trinajstić information content (AvgIpc) is 2.46. The summed E-state index contributed by atoms with van der Waals surface area (Å²) < 4.78 is 45.9. The van der Waals surface area contributed by atoms with Crippen LogP contribution in [0.5, 0.6) is 5.75 Å². The van der Waals surface area contributed by atoms with Gasteiger partial charge in [-0.3, -0.25) is 0 Å². The van der Waals surface area contributed by atoms with Gasteiger partial charge in [0.25, 0.3) is 5.92 Å². The smallest absolute Gasteiger partial charge is 0.290 e. The largest absolute Gasteiger partial charge is 0.494 e. The van der Waals surface area contributed by atoms with E-state index in [0.717, 1.165) is 6.07 Å². The van der Waals surface area contributed by atoms with Gasteiger partial charge in [-0.2, -0.15) is 8.78 Å². The molecular weight excluding hydrogens is 267 g/mol. The quantitative estimate of drug-likeness (QED) is 0.893. The molecule has 2 aromatic rings. The van der Waals surface area contributed by atoms with Crippen LogP contribution in [0.15, 0.2) is 48.5 Å². The Balaban J connectivity index is 2.12. The molecule has 0 saturated heterocycles. The van der Waals surface area contributed by atoms with E-state index in [1.165, 1.54) is 31.4 Å². The van der Waals surface area contributed by atoms with Crippen LogP contribution >= 0.6 is 0 Å². The number of rotatable bonds is 5. The van der Waals surface area contributed by atoms with Crippen molar-refractivity contribution in [2.45, 2.75) is 5.92 Å². The van der Waals surface area contributed by atoms with Crippen molar-refractivity contribution in [3.63, 3.8) is 0 Å². The zero-order valence-corrected chi connectivity index (χ0v) is 10.9. The van der Waals surface area contributed by atoms with Gasteiger partial charge in [0, 0.05) is 11.6 Å². The summed E-state index contributed by atoms with van der Waals surface area (Å²) in [5.74, 6) is -3.32. The number of methoxy groups -OCH3 is 1. The molecule has 5 heteroatoms. The van der Waals surface area contributed by atoms with E-state index in [0.29, 0.717) is 5.69 Å². The molecule has 2 nitrogen and oxygen atoms in total. The van der Waals surface area contributed by atoms with Crippen LogP contribution in [0, 0.1) is 5.82 Å². The molecule has 0 radical (unpaired) electrons. The van der Waals surface area contributed by atoms with Crippen LogP contribution in [0.3, 0.4) is 0 Å². The average molecular weight is 281 g/mol. The number of nitrogens with one attached hydrogen (secondary N) is 1. The van der Waals surface area contributed by atoms with E-state index in [1.54, 1.807) is 18.2 Å². The number of ether oxygens (including phenoxy) is 1. The minimum Gasteiger partial charge on any atom is -0.494 e. The molecule has 0 aromatic heterocycles. The zero-order chi connectivity index (χ0) is 14.6. The molecular formula is C15H14F3NO. The molecule has 0 atom stereocenters. The topological polar surface area (TPSA) is 21.3 Å². The Kier molecular flexibility index (Phi) is 4.17. The number of hydrogen-bond acceptors (Lipinski definition) is 2. The Hall–Kier alpha value is -2.17. The fourth-order valence-corrected chi connectivity index (χ4v) is 1.80. The third-order valence-electron chi connectivity index (χ3n) is 2.86. The molecule has 0 bridgehead atoms. The summed E-state index contributed by atoms with van der Waals surface area (Å²) in [6, 6.07) is 11.2. The Morgan fingerprint density at radius 3 is 2.45 bits per heavy atom. The van der Waals surface area contributed by atoms with Gasteiger partial charge >= 0.3 is 0 Å². The fraction of sp³-hybridized carbons (Fsp3) is 0.200. The minimum absolute atomic E-state index is 0.0754. The second kappa shape index (κ2) is 5.86. The van der Waals surface area contributed by atoms with Gasteiger partial charge in [-0.1, -0.05) is 30.3 Å². The van der Waals surface area contributed by atoms with Gasteiger partial charge in [0.1, 0.15) is 11.6 Å². The standard InChI is InChI=1S/C15H14F3NO/c1-20-14-9-12(16)7-8-13(14)19-10-15(17,18)11-5-3-2-4-6-11/h2-9,19H,10H2,1H3. The van der Waals surface area contributed by atoms with E-state index in [9.17, 15) is 13.2 Å². The summed E-state index contributed by atoms with van der Waals surface area (Å²) in [4.78, 5) is 0. The molecule has 2 rings (SSSR count). The second-order valence-electron chi connectivity index (χ2n) is 4.27. The van der Waals surface area contributed by atoms with Crippen LogP contribution in [0.2, 0.25) is 0 Å². The van der Waals surface area contributed by atoms with Crippen molar-refractivity contribution in [3.05, 3.63) is 59.9 Å². The molecule has 0 amide bonds. The molecule has 20 heavy (non-hydrogen) atoms. The van der Waals surface area contributed by atoms with Crippen molar-refractivity contribution >= 4 is 5.69 Å². The third kappa shape index (κ3) is 3.23. The lowest BCUT2D eigenvalue weighted by molar-refractivity contribution is 0.0106. The van der Waals surface area contributed by atoms with Crippen LogP contribution in [0.25, 0.3) is 0 Å². The molecule has 0 spiro atoms. The number of alkyl halides is 2. The molecule has 0 aliphatic rings. The predicted octanol–water partition coefficient (Wildman–Crippen LogP) is 4.04. The highest BCUT2D eigenvalue weighted by Crippen LogP contribution is 2.30. The van der Waals surface area contributed by atoms with Crippen LogP contribution in [-0.4, -0.2) is 13.7 Å². The summed E-state index contributed by atoms with van der Waals surface area (Å²) in [6.45, 7) is -0.598. The van der Waals surface area contributed by atoms with Gasteiger partial charge in [-0.05, 0) is 12.1 Å². The maximum Gasteiger partial charge on any atom is 0.290 e. The predicted molar refractivity (Wildman–Crippen MR) is 71.8 cm³/mol. The lowest BCUT2D eigenvalue weighted by Crippen LogP contribution is -2.24. The summed E-state index contributed by atoms with van der Waals surface area (Å²) in [6.07, 6.45) is 0. The normalized spacial score (nSPS) is 11.2. The van der Waals surface area contributed by atoms with E-state index < -0.39 is 18.3 Å². The molecule has 0 aliphatic heterocycles. The van der Waals surface area contributed by atoms with E-state index in [2.05, 4.69) is 5.32 Å². The van der Waals surface area contributed by atoms with Crippen LogP contribution < -0.4 is 10.1 Å². The first kappa shape index (κ1) is 14.2. The maximum absolute atomic E-state index is 14.0. The third-order valence-corrected chi connectivity index (χ3v) is 2.86. The van der Waals surface area contributed by atoms with Gasteiger partial charge < -0.3 is 10.1 Å². The Morgan fingerprint density at radius 2 is 1.80 bits per heavy atom. The fourth-order valence-electron chi connectivity index (χ4n) is 1.80. The van der Waals surface area contributed by atoms with Crippen molar-refractivity contribution in [3.8, 4) is 5.75 Å². The Morgan fingerprint density at radius 1 is 1.10 bits per heavy atom. The molecule has 0 fully saturated rings. The second-order valence-corrected chi connectivity index (χ2v) is 4.27. The number of benzene rings is 2. The van der Waals surface area contributed by atoms with Gasteiger partial charge in [0.2, 0.25) is 0 Å². The van der Waals surface area contributed by atoms with E-state index >= 15 is 0 Å². The summed E-state index contributed by atoms with van der Waals surface area (Å²) >= 11 is 0. The van der Waals surface area contributed by atoms with Gasteiger partial charge in [0.15, 0.2) is 0 Å². The number of hydrogen-bond donors (Lipinski definition) is 1. The van der Waals surface area contributed by atoms with E-state index in [-0.39, 0.29) is 11.3 Å². The molecule has 0 heterocycles. The zero-order valence-electron chi connectivity index (χ0n) is 10.9. The van der Waals surface area contributed by atoms with Crippen molar-refractivity contribution in [1.82, 2.24) is 0 Å². The monoisotopic (exact) mass is 281 g/mol. The van der Waals surface area contributed by atoms with Crippen LogP contribution in [0.1, 0.15) is 5.56 Å². The van der Waals surface area contributed by atoms with E-state index in [1.807, 2.05) is 0 Å². The molecule has 2 aromatic carbocycles. The summed E-state index contributed by atoms with van der Waals surface area (Å²) in [5, 5.41) is 2.59. The SMILES string of the molecule is COc1cc(F)ccc1NCC(F)(F)c1ccccc1.